The molecule has 0 spiro atoms. The van der Waals surface area contributed by atoms with Gasteiger partial charge in [-0.3, -0.25) is 4.79 Å². The monoisotopic (exact) mass is 392 g/mol. The maximum atomic E-state index is 13.1. The van der Waals surface area contributed by atoms with Gasteiger partial charge in [-0.2, -0.15) is 36.0 Å². The SMILES string of the molecule is N#Cc1ccc(NC(=O)C(F)(F)C(F)(F)C(F)(F)F)c(Br)c1. The molecule has 0 radical (unpaired) electrons. The summed E-state index contributed by atoms with van der Waals surface area (Å²) in [5.41, 5.74) is -0.459. The number of anilines is 1. The maximum absolute atomic E-state index is 13.1. The Bertz CT molecular complexity index is 636. The van der Waals surface area contributed by atoms with E-state index in [0.29, 0.717) is 0 Å². The number of benzene rings is 1. The molecule has 0 unspecified atom stereocenters. The summed E-state index contributed by atoms with van der Waals surface area (Å²) in [6.07, 6.45) is -6.60. The molecular weight excluding hydrogens is 389 g/mol. The molecule has 1 rings (SSSR count). The van der Waals surface area contributed by atoms with Crippen LogP contribution in [0.4, 0.5) is 36.4 Å². The Labute approximate surface area is 126 Å². The molecule has 0 aliphatic carbocycles. The van der Waals surface area contributed by atoms with Crippen LogP contribution < -0.4 is 5.32 Å². The van der Waals surface area contributed by atoms with E-state index in [1.807, 2.05) is 0 Å². The number of halogens is 8. The van der Waals surface area contributed by atoms with Crippen LogP contribution in [0.1, 0.15) is 5.56 Å². The summed E-state index contributed by atoms with van der Waals surface area (Å²) in [5, 5.41) is 9.81. The molecule has 1 amide bonds. The minimum absolute atomic E-state index is 0.0391. The number of carbonyl (C=O) groups excluding carboxylic acids is 1. The number of alkyl halides is 7. The molecule has 1 aromatic carbocycles. The first-order valence-corrected chi connectivity index (χ1v) is 5.97. The van der Waals surface area contributed by atoms with Crippen LogP contribution in [-0.2, 0) is 4.79 Å². The van der Waals surface area contributed by atoms with E-state index < -0.39 is 29.6 Å². The highest BCUT2D eigenvalue weighted by Gasteiger charge is 2.76. The molecule has 1 N–H and O–H groups in total. The van der Waals surface area contributed by atoms with Crippen molar-refractivity contribution in [2.24, 2.45) is 0 Å². The first-order valence-electron chi connectivity index (χ1n) is 5.18. The Morgan fingerprint density at radius 1 is 1.14 bits per heavy atom. The summed E-state index contributed by atoms with van der Waals surface area (Å²) in [6.45, 7) is 0. The van der Waals surface area contributed by atoms with Gasteiger partial charge in [0.25, 0.3) is 0 Å². The van der Waals surface area contributed by atoms with Crippen LogP contribution in [-0.4, -0.2) is 23.9 Å². The molecule has 1 aromatic rings. The normalized spacial score (nSPS) is 12.7. The fraction of sp³-hybridized carbons (Fsp3) is 0.273. The van der Waals surface area contributed by atoms with Crippen LogP contribution in [0.15, 0.2) is 22.7 Å². The van der Waals surface area contributed by atoms with E-state index in [1.54, 1.807) is 6.07 Å². The van der Waals surface area contributed by atoms with Gasteiger partial charge in [-0.05, 0) is 34.1 Å². The van der Waals surface area contributed by atoms with E-state index in [9.17, 15) is 35.5 Å². The molecule has 11 heteroatoms. The van der Waals surface area contributed by atoms with Crippen molar-refractivity contribution in [1.29, 1.82) is 5.26 Å². The number of nitriles is 1. The van der Waals surface area contributed by atoms with Crippen molar-refractivity contribution in [3.8, 4) is 6.07 Å². The highest BCUT2D eigenvalue weighted by Crippen LogP contribution is 2.47. The Morgan fingerprint density at radius 3 is 2.09 bits per heavy atom. The summed E-state index contributed by atoms with van der Waals surface area (Å²) in [6, 6.07) is 4.65. The second-order valence-corrected chi connectivity index (χ2v) is 4.76. The van der Waals surface area contributed by atoms with Gasteiger partial charge in [-0.15, -0.1) is 0 Å². The topological polar surface area (TPSA) is 52.9 Å². The van der Waals surface area contributed by atoms with E-state index in [0.717, 1.165) is 18.2 Å². The van der Waals surface area contributed by atoms with E-state index >= 15 is 0 Å². The number of hydrogen-bond acceptors (Lipinski definition) is 2. The van der Waals surface area contributed by atoms with Crippen LogP contribution in [0.25, 0.3) is 0 Å². The molecule has 22 heavy (non-hydrogen) atoms. The van der Waals surface area contributed by atoms with Crippen molar-refractivity contribution >= 4 is 27.5 Å². The third kappa shape index (κ3) is 3.16. The highest BCUT2D eigenvalue weighted by molar-refractivity contribution is 9.10. The van der Waals surface area contributed by atoms with Crippen LogP contribution in [0, 0.1) is 11.3 Å². The first-order chi connectivity index (χ1) is 9.84. The van der Waals surface area contributed by atoms with Gasteiger partial charge in [0.05, 0.1) is 17.3 Å². The lowest BCUT2D eigenvalue weighted by molar-refractivity contribution is -0.343. The number of nitrogens with zero attached hydrogens (tertiary/aromatic N) is 1. The number of carbonyl (C=O) groups is 1. The second kappa shape index (κ2) is 5.75. The molecule has 0 atom stereocenters. The fourth-order valence-corrected chi connectivity index (χ4v) is 1.69. The Morgan fingerprint density at radius 2 is 1.68 bits per heavy atom. The first kappa shape index (κ1) is 18.2. The fourth-order valence-electron chi connectivity index (χ4n) is 1.21. The van der Waals surface area contributed by atoms with Gasteiger partial charge in [-0.1, -0.05) is 0 Å². The quantitative estimate of drug-likeness (QED) is 0.787. The molecule has 3 nitrogen and oxygen atoms in total. The molecule has 0 fully saturated rings. The van der Waals surface area contributed by atoms with Crippen LogP contribution >= 0.6 is 15.9 Å². The summed E-state index contributed by atoms with van der Waals surface area (Å²) in [7, 11) is 0. The number of amides is 1. The van der Waals surface area contributed by atoms with E-state index in [2.05, 4.69) is 15.9 Å². The summed E-state index contributed by atoms with van der Waals surface area (Å²) >= 11 is 2.75. The smallest absolute Gasteiger partial charge is 0.320 e. The number of hydrogen-bond donors (Lipinski definition) is 1. The van der Waals surface area contributed by atoms with Crippen LogP contribution in [0.2, 0.25) is 0 Å². The van der Waals surface area contributed by atoms with Crippen molar-refractivity contribution in [2.45, 2.75) is 18.0 Å². The predicted molar refractivity (Wildman–Crippen MR) is 63.4 cm³/mol. The lowest BCUT2D eigenvalue weighted by Crippen LogP contribution is -2.57. The van der Waals surface area contributed by atoms with E-state index in [4.69, 9.17) is 5.26 Å². The summed E-state index contributed by atoms with van der Waals surface area (Å²) < 4.78 is 87.3. The average molecular weight is 393 g/mol. The van der Waals surface area contributed by atoms with Gasteiger partial charge in [-0.25, -0.2) is 0 Å². The molecule has 0 saturated heterocycles. The third-order valence-corrected chi connectivity index (χ3v) is 3.04. The maximum Gasteiger partial charge on any atom is 0.460 e. The van der Waals surface area contributed by atoms with Gasteiger partial charge in [0.15, 0.2) is 0 Å². The zero-order valence-corrected chi connectivity index (χ0v) is 11.7. The minimum atomic E-state index is -6.60. The Hall–Kier alpha value is -1.83. The minimum Gasteiger partial charge on any atom is -0.320 e. The summed E-state index contributed by atoms with van der Waals surface area (Å²) in [5.74, 6) is -15.4. The van der Waals surface area contributed by atoms with Crippen molar-refractivity contribution < 1.29 is 35.5 Å². The van der Waals surface area contributed by atoms with Gasteiger partial charge >= 0.3 is 23.9 Å². The Kier molecular flexibility index (Phi) is 4.76. The van der Waals surface area contributed by atoms with Crippen molar-refractivity contribution in [3.63, 3.8) is 0 Å². The van der Waals surface area contributed by atoms with Crippen molar-refractivity contribution in [1.82, 2.24) is 0 Å². The standard InChI is InChI=1S/C11H4BrF7N2O/c12-6-3-5(4-20)1-2-7(6)21-8(22)9(13,14)10(15,16)11(17,18)19/h1-3H,(H,21,22). The molecular formula is C11H4BrF7N2O. The molecule has 0 aliphatic rings. The second-order valence-electron chi connectivity index (χ2n) is 3.91. The van der Waals surface area contributed by atoms with Crippen molar-refractivity contribution in [3.05, 3.63) is 28.2 Å². The van der Waals surface area contributed by atoms with Gasteiger partial charge < -0.3 is 5.32 Å². The average Bonchev–Trinajstić information content (AvgIpc) is 2.39. The lowest BCUT2D eigenvalue weighted by Gasteiger charge is -2.27. The van der Waals surface area contributed by atoms with E-state index in [-0.39, 0.29) is 10.0 Å². The molecule has 0 aliphatic heterocycles. The van der Waals surface area contributed by atoms with Gasteiger partial charge in [0, 0.05) is 4.47 Å². The van der Waals surface area contributed by atoms with E-state index in [1.165, 1.54) is 5.32 Å². The molecule has 0 bridgehead atoms. The number of nitrogens with one attached hydrogen (secondary N) is 1. The lowest BCUT2D eigenvalue weighted by atomic mass is 10.1. The predicted octanol–water partition coefficient (Wildman–Crippen LogP) is 4.09. The Balaban J connectivity index is 3.10. The van der Waals surface area contributed by atoms with Crippen molar-refractivity contribution in [2.75, 3.05) is 5.32 Å². The third-order valence-electron chi connectivity index (χ3n) is 2.38. The number of rotatable bonds is 3. The zero-order valence-electron chi connectivity index (χ0n) is 10.1. The molecule has 0 aromatic heterocycles. The van der Waals surface area contributed by atoms with Crippen LogP contribution in [0.3, 0.4) is 0 Å². The van der Waals surface area contributed by atoms with Gasteiger partial charge in [0.1, 0.15) is 0 Å². The summed E-state index contributed by atoms with van der Waals surface area (Å²) in [4.78, 5) is 11.1. The highest BCUT2D eigenvalue weighted by atomic mass is 79.9. The molecule has 0 saturated carbocycles. The van der Waals surface area contributed by atoms with Crippen LogP contribution in [0.5, 0.6) is 0 Å². The molecule has 0 heterocycles. The molecule has 120 valence electrons. The van der Waals surface area contributed by atoms with Gasteiger partial charge in [0.2, 0.25) is 0 Å². The largest absolute Gasteiger partial charge is 0.460 e. The zero-order chi connectivity index (χ0) is 17.3.